The molecule has 0 unspecified atom stereocenters. The van der Waals surface area contributed by atoms with Gasteiger partial charge in [0.15, 0.2) is 6.29 Å². The average Bonchev–Trinajstić information content (AvgIpc) is 2.44. The zero-order valence-electron chi connectivity index (χ0n) is 10.8. The van der Waals surface area contributed by atoms with Crippen LogP contribution in [0.15, 0.2) is 42.5 Å². The minimum Gasteiger partial charge on any atom is -0.298 e. The molecule has 0 amide bonds. The summed E-state index contributed by atoms with van der Waals surface area (Å²) in [6, 6.07) is 8.66. The molecule has 0 aliphatic heterocycles. The maximum absolute atomic E-state index is 13.1. The molecular weight excluding hydrogens is 310 g/mol. The first kappa shape index (κ1) is 16.1. The summed E-state index contributed by atoms with van der Waals surface area (Å²) in [5, 5.41) is 0. The third kappa shape index (κ3) is 2.98. The van der Waals surface area contributed by atoms with Gasteiger partial charge in [0.05, 0.1) is 11.1 Å². The van der Waals surface area contributed by atoms with Crippen molar-refractivity contribution < 1.29 is 31.1 Å². The minimum absolute atomic E-state index is 0.194. The molecule has 2 rings (SSSR count). The fraction of sp³-hybridized carbons (Fsp3) is 0.133. The molecule has 1 nitrogen and oxygen atoms in total. The number of hydrogen-bond acceptors (Lipinski definition) is 1. The highest BCUT2D eigenvalue weighted by Crippen LogP contribution is 2.44. The van der Waals surface area contributed by atoms with Crippen molar-refractivity contribution in [3.8, 4) is 11.1 Å². The number of carbonyl (C=O) groups is 1. The van der Waals surface area contributed by atoms with Gasteiger partial charge in [0.2, 0.25) is 0 Å². The van der Waals surface area contributed by atoms with Crippen LogP contribution in [0.1, 0.15) is 21.5 Å². The molecule has 2 aromatic rings. The van der Waals surface area contributed by atoms with Crippen LogP contribution in [0.2, 0.25) is 0 Å². The van der Waals surface area contributed by atoms with Crippen LogP contribution >= 0.6 is 0 Å². The van der Waals surface area contributed by atoms with Crippen LogP contribution in [0.4, 0.5) is 26.3 Å². The third-order valence-corrected chi connectivity index (χ3v) is 3.04. The van der Waals surface area contributed by atoms with Gasteiger partial charge in [0.25, 0.3) is 0 Å². The molecule has 0 atom stereocenters. The summed E-state index contributed by atoms with van der Waals surface area (Å²) in [6.45, 7) is 0. The molecule has 0 saturated carbocycles. The molecule has 7 heteroatoms. The van der Waals surface area contributed by atoms with Crippen LogP contribution in [-0.2, 0) is 12.4 Å². The third-order valence-electron chi connectivity index (χ3n) is 3.04. The fourth-order valence-electron chi connectivity index (χ4n) is 2.15. The summed E-state index contributed by atoms with van der Waals surface area (Å²) >= 11 is 0. The van der Waals surface area contributed by atoms with Gasteiger partial charge in [-0.05, 0) is 17.2 Å². The standard InChI is InChI=1S/C15H8F6O/c16-14(17,18)12-7-6-10(9-4-2-1-3-5-9)11(8-22)13(12)15(19,20)21/h1-8H. The smallest absolute Gasteiger partial charge is 0.298 e. The van der Waals surface area contributed by atoms with Gasteiger partial charge in [0.1, 0.15) is 0 Å². The van der Waals surface area contributed by atoms with E-state index in [1.807, 2.05) is 0 Å². The predicted molar refractivity (Wildman–Crippen MR) is 67.3 cm³/mol. The van der Waals surface area contributed by atoms with Crippen LogP contribution in [-0.4, -0.2) is 6.29 Å². The van der Waals surface area contributed by atoms with E-state index in [1.54, 1.807) is 6.07 Å². The Bertz CT molecular complexity index is 686. The Balaban J connectivity index is 2.84. The lowest BCUT2D eigenvalue weighted by Crippen LogP contribution is -2.19. The van der Waals surface area contributed by atoms with Crippen LogP contribution < -0.4 is 0 Å². The van der Waals surface area contributed by atoms with Crippen LogP contribution in [0.5, 0.6) is 0 Å². The van der Waals surface area contributed by atoms with E-state index in [4.69, 9.17) is 0 Å². The molecule has 2 aromatic carbocycles. The Morgan fingerprint density at radius 1 is 0.773 bits per heavy atom. The molecule has 0 heterocycles. The van der Waals surface area contributed by atoms with Crippen molar-refractivity contribution in [2.24, 2.45) is 0 Å². The SMILES string of the molecule is O=Cc1c(-c2ccccc2)ccc(C(F)(F)F)c1C(F)(F)F. The van der Waals surface area contributed by atoms with Gasteiger partial charge >= 0.3 is 12.4 Å². The van der Waals surface area contributed by atoms with Gasteiger partial charge in [-0.1, -0.05) is 36.4 Å². The zero-order chi connectivity index (χ0) is 16.5. The summed E-state index contributed by atoms with van der Waals surface area (Å²) in [4.78, 5) is 11.1. The van der Waals surface area contributed by atoms with Crippen molar-refractivity contribution in [2.45, 2.75) is 12.4 Å². The summed E-state index contributed by atoms with van der Waals surface area (Å²) < 4.78 is 77.6. The number of carbonyl (C=O) groups excluding carboxylic acids is 1. The first-order valence-electron chi connectivity index (χ1n) is 5.98. The van der Waals surface area contributed by atoms with E-state index < -0.39 is 29.0 Å². The number of alkyl halides is 6. The van der Waals surface area contributed by atoms with E-state index in [0.29, 0.717) is 6.07 Å². The maximum Gasteiger partial charge on any atom is 0.417 e. The van der Waals surface area contributed by atoms with Gasteiger partial charge in [-0.3, -0.25) is 4.79 Å². The van der Waals surface area contributed by atoms with E-state index in [-0.39, 0.29) is 17.4 Å². The number of benzene rings is 2. The van der Waals surface area contributed by atoms with Crippen molar-refractivity contribution in [1.29, 1.82) is 0 Å². The van der Waals surface area contributed by atoms with Gasteiger partial charge in [-0.2, -0.15) is 26.3 Å². The summed E-state index contributed by atoms with van der Waals surface area (Å²) in [5.74, 6) is 0. The van der Waals surface area contributed by atoms with Crippen LogP contribution in [0.25, 0.3) is 11.1 Å². The van der Waals surface area contributed by atoms with Crippen molar-refractivity contribution in [2.75, 3.05) is 0 Å². The zero-order valence-corrected chi connectivity index (χ0v) is 10.8. The summed E-state index contributed by atoms with van der Waals surface area (Å²) in [6.07, 6.45) is -10.7. The highest BCUT2D eigenvalue weighted by atomic mass is 19.4. The van der Waals surface area contributed by atoms with Gasteiger partial charge in [-0.25, -0.2) is 0 Å². The Hall–Kier alpha value is -2.31. The Labute approximate surface area is 121 Å². The normalized spacial score (nSPS) is 12.3. The van der Waals surface area contributed by atoms with Crippen molar-refractivity contribution in [3.05, 3.63) is 59.2 Å². The minimum atomic E-state index is -5.30. The molecule has 0 radical (unpaired) electrons. The lowest BCUT2D eigenvalue weighted by atomic mass is 9.92. The molecule has 0 saturated heterocycles. The van der Waals surface area contributed by atoms with E-state index in [1.165, 1.54) is 24.3 Å². The molecule has 0 aliphatic rings. The second-order valence-electron chi connectivity index (χ2n) is 4.43. The van der Waals surface area contributed by atoms with Gasteiger partial charge in [-0.15, -0.1) is 0 Å². The van der Waals surface area contributed by atoms with E-state index in [0.717, 1.165) is 6.07 Å². The fourth-order valence-corrected chi connectivity index (χ4v) is 2.15. The van der Waals surface area contributed by atoms with Gasteiger partial charge in [0, 0.05) is 5.56 Å². The number of aldehydes is 1. The molecular formula is C15H8F6O. The van der Waals surface area contributed by atoms with Crippen molar-refractivity contribution >= 4 is 6.29 Å². The molecule has 0 bridgehead atoms. The molecule has 0 fully saturated rings. The Morgan fingerprint density at radius 3 is 1.82 bits per heavy atom. The first-order valence-corrected chi connectivity index (χ1v) is 5.98. The summed E-state index contributed by atoms with van der Waals surface area (Å²) in [7, 11) is 0. The quantitative estimate of drug-likeness (QED) is 0.549. The van der Waals surface area contributed by atoms with E-state index >= 15 is 0 Å². The van der Waals surface area contributed by atoms with Crippen molar-refractivity contribution in [3.63, 3.8) is 0 Å². The average molecular weight is 318 g/mol. The summed E-state index contributed by atoms with van der Waals surface area (Å²) in [5.41, 5.74) is -4.83. The van der Waals surface area contributed by atoms with Crippen LogP contribution in [0, 0.1) is 0 Å². The lowest BCUT2D eigenvalue weighted by Gasteiger charge is -2.19. The highest BCUT2D eigenvalue weighted by molar-refractivity contribution is 5.90. The Kier molecular flexibility index (Phi) is 4.00. The second-order valence-corrected chi connectivity index (χ2v) is 4.43. The number of hydrogen-bond donors (Lipinski definition) is 0. The Morgan fingerprint density at radius 2 is 1.36 bits per heavy atom. The topological polar surface area (TPSA) is 17.1 Å². The maximum atomic E-state index is 13.1. The van der Waals surface area contributed by atoms with Gasteiger partial charge < -0.3 is 0 Å². The lowest BCUT2D eigenvalue weighted by molar-refractivity contribution is -0.162. The first-order chi connectivity index (χ1) is 10.2. The molecule has 0 aliphatic carbocycles. The molecule has 22 heavy (non-hydrogen) atoms. The predicted octanol–water partition coefficient (Wildman–Crippen LogP) is 5.20. The largest absolute Gasteiger partial charge is 0.417 e. The second kappa shape index (κ2) is 5.47. The molecule has 0 spiro atoms. The van der Waals surface area contributed by atoms with E-state index in [2.05, 4.69) is 0 Å². The molecule has 0 N–H and O–H groups in total. The van der Waals surface area contributed by atoms with Crippen LogP contribution in [0.3, 0.4) is 0 Å². The molecule has 0 aromatic heterocycles. The molecule has 116 valence electrons. The highest BCUT2D eigenvalue weighted by Gasteiger charge is 2.45. The number of halogens is 6. The van der Waals surface area contributed by atoms with Crippen molar-refractivity contribution in [1.82, 2.24) is 0 Å². The van der Waals surface area contributed by atoms with E-state index in [9.17, 15) is 31.1 Å². The monoisotopic (exact) mass is 318 g/mol. The number of rotatable bonds is 2.